The van der Waals surface area contributed by atoms with E-state index >= 15 is 0 Å². The van der Waals surface area contributed by atoms with Gasteiger partial charge in [0.25, 0.3) is 0 Å². The molecule has 6 heteroatoms. The highest BCUT2D eigenvalue weighted by atomic mass is 35.5. The summed E-state index contributed by atoms with van der Waals surface area (Å²) in [7, 11) is 0. The first-order valence-corrected chi connectivity index (χ1v) is 5.84. The van der Waals surface area contributed by atoms with Gasteiger partial charge >= 0.3 is 6.36 Å². The fraction of sp³-hybridized carbons (Fsp3) is 0.0769. The van der Waals surface area contributed by atoms with Gasteiger partial charge in [0, 0.05) is 11.1 Å². The first-order valence-electron chi connectivity index (χ1n) is 5.08. The van der Waals surface area contributed by atoms with Crippen molar-refractivity contribution < 1.29 is 17.9 Å². The molecule has 2 rings (SSSR count). The van der Waals surface area contributed by atoms with Crippen molar-refractivity contribution in [1.29, 1.82) is 0 Å². The molecule has 1 radical (unpaired) electrons. The molecule has 0 fully saturated rings. The van der Waals surface area contributed by atoms with Crippen molar-refractivity contribution in [3.63, 3.8) is 0 Å². The Morgan fingerprint density at radius 3 is 2.37 bits per heavy atom. The monoisotopic (exact) mass is 305 g/mol. The van der Waals surface area contributed by atoms with Crippen LogP contribution in [-0.4, -0.2) is 6.36 Å². The van der Waals surface area contributed by atoms with Crippen molar-refractivity contribution in [2.24, 2.45) is 0 Å². The maximum Gasteiger partial charge on any atom is 0.573 e. The van der Waals surface area contributed by atoms with E-state index in [4.69, 9.17) is 23.2 Å². The maximum atomic E-state index is 12.2. The summed E-state index contributed by atoms with van der Waals surface area (Å²) in [6.07, 6.45) is -4.78. The zero-order chi connectivity index (χ0) is 14.0. The van der Waals surface area contributed by atoms with Crippen molar-refractivity contribution in [2.45, 2.75) is 6.36 Å². The van der Waals surface area contributed by atoms with Crippen LogP contribution in [0.3, 0.4) is 0 Å². The molecule has 19 heavy (non-hydrogen) atoms. The average molecular weight is 306 g/mol. The fourth-order valence-electron chi connectivity index (χ4n) is 1.52. The highest BCUT2D eigenvalue weighted by Crippen LogP contribution is 2.31. The molecule has 0 aromatic heterocycles. The lowest BCUT2D eigenvalue weighted by Gasteiger charge is -2.10. The molecule has 2 aromatic rings. The summed E-state index contributed by atoms with van der Waals surface area (Å²) in [6.45, 7) is 0. The Morgan fingerprint density at radius 2 is 1.74 bits per heavy atom. The molecule has 0 aliphatic rings. The Hall–Kier alpha value is -1.39. The molecule has 0 aliphatic carbocycles. The highest BCUT2D eigenvalue weighted by Gasteiger charge is 2.31. The van der Waals surface area contributed by atoms with Gasteiger partial charge in [-0.15, -0.1) is 13.2 Å². The number of rotatable bonds is 2. The van der Waals surface area contributed by atoms with Gasteiger partial charge < -0.3 is 4.74 Å². The van der Waals surface area contributed by atoms with Crippen LogP contribution in [0.2, 0.25) is 10.0 Å². The smallest absolute Gasteiger partial charge is 0.405 e. The van der Waals surface area contributed by atoms with E-state index in [1.54, 1.807) is 24.3 Å². The number of hydrogen-bond donors (Lipinski definition) is 0. The van der Waals surface area contributed by atoms with E-state index in [1.807, 2.05) is 0 Å². The van der Waals surface area contributed by atoms with Crippen LogP contribution in [0.15, 0.2) is 36.4 Å². The van der Waals surface area contributed by atoms with Gasteiger partial charge in [-0.05, 0) is 35.4 Å². The van der Waals surface area contributed by atoms with Crippen LogP contribution in [0.25, 0.3) is 11.1 Å². The van der Waals surface area contributed by atoms with Crippen molar-refractivity contribution in [1.82, 2.24) is 0 Å². The number of benzene rings is 2. The standard InChI is InChI=1S/C13H6Cl2F3O/c14-10-3-1-2-8(4-10)9-5-11(15)7-12(6-9)19-13(16,17)18/h1-6H. The van der Waals surface area contributed by atoms with Gasteiger partial charge in [-0.1, -0.05) is 35.3 Å². The fourth-order valence-corrected chi connectivity index (χ4v) is 1.92. The van der Waals surface area contributed by atoms with E-state index in [2.05, 4.69) is 10.8 Å². The van der Waals surface area contributed by atoms with Gasteiger partial charge in [-0.25, -0.2) is 0 Å². The van der Waals surface area contributed by atoms with E-state index in [9.17, 15) is 13.2 Å². The summed E-state index contributed by atoms with van der Waals surface area (Å²) in [5, 5.41) is 0.497. The van der Waals surface area contributed by atoms with Crippen molar-refractivity contribution in [2.75, 3.05) is 0 Å². The third-order valence-corrected chi connectivity index (χ3v) is 2.63. The lowest BCUT2D eigenvalue weighted by molar-refractivity contribution is -0.274. The van der Waals surface area contributed by atoms with Crippen molar-refractivity contribution in [3.8, 4) is 16.9 Å². The zero-order valence-corrected chi connectivity index (χ0v) is 10.8. The van der Waals surface area contributed by atoms with E-state index in [1.165, 1.54) is 12.1 Å². The summed E-state index contributed by atoms with van der Waals surface area (Å²) in [4.78, 5) is 0. The lowest BCUT2D eigenvalue weighted by Crippen LogP contribution is -2.17. The molecule has 0 N–H and O–H groups in total. The van der Waals surface area contributed by atoms with Crippen LogP contribution in [-0.2, 0) is 0 Å². The van der Waals surface area contributed by atoms with Crippen LogP contribution in [0.1, 0.15) is 0 Å². The molecule has 1 nitrogen and oxygen atoms in total. The van der Waals surface area contributed by atoms with Gasteiger partial charge in [0.05, 0.1) is 5.02 Å². The molecule has 0 unspecified atom stereocenters. The largest absolute Gasteiger partial charge is 0.573 e. The average Bonchev–Trinajstić information content (AvgIpc) is 2.25. The van der Waals surface area contributed by atoms with E-state index in [0.29, 0.717) is 16.1 Å². The molecule has 0 saturated heterocycles. The van der Waals surface area contributed by atoms with Crippen LogP contribution in [0, 0.1) is 6.07 Å². The van der Waals surface area contributed by atoms with Crippen LogP contribution in [0.5, 0.6) is 5.75 Å². The van der Waals surface area contributed by atoms with Crippen LogP contribution < -0.4 is 4.74 Å². The van der Waals surface area contributed by atoms with Gasteiger partial charge in [-0.3, -0.25) is 0 Å². The Balaban J connectivity index is 2.42. The number of alkyl halides is 3. The molecule has 0 aliphatic heterocycles. The van der Waals surface area contributed by atoms with Gasteiger partial charge in [0.15, 0.2) is 0 Å². The van der Waals surface area contributed by atoms with Crippen molar-refractivity contribution >= 4 is 23.2 Å². The first kappa shape index (κ1) is 14.0. The third kappa shape index (κ3) is 4.04. The van der Waals surface area contributed by atoms with Gasteiger partial charge in [0.2, 0.25) is 0 Å². The highest BCUT2D eigenvalue weighted by molar-refractivity contribution is 6.31. The SMILES string of the molecule is FC(F)(F)Oc1[c]c(Cl)cc(-c2cccc(Cl)c2)c1. The second-order valence-corrected chi connectivity index (χ2v) is 4.48. The van der Waals surface area contributed by atoms with E-state index in [0.717, 1.165) is 0 Å². The minimum atomic E-state index is -4.78. The molecule has 2 aromatic carbocycles. The minimum absolute atomic E-state index is 0.0247. The Kier molecular flexibility index (Phi) is 3.92. The predicted octanol–water partition coefficient (Wildman–Crippen LogP) is 5.36. The second kappa shape index (κ2) is 5.31. The molecular weight excluding hydrogens is 300 g/mol. The molecule has 0 amide bonds. The maximum absolute atomic E-state index is 12.2. The molecule has 0 atom stereocenters. The zero-order valence-electron chi connectivity index (χ0n) is 9.26. The Labute approximate surface area is 117 Å². The number of halogens is 5. The number of ether oxygens (including phenoxy) is 1. The molecule has 0 bridgehead atoms. The lowest BCUT2D eigenvalue weighted by atomic mass is 10.1. The quantitative estimate of drug-likeness (QED) is 0.726. The summed E-state index contributed by atoms with van der Waals surface area (Å²) < 4.78 is 40.3. The third-order valence-electron chi connectivity index (χ3n) is 2.20. The second-order valence-electron chi connectivity index (χ2n) is 3.64. The minimum Gasteiger partial charge on any atom is -0.405 e. The molecule has 0 spiro atoms. The molecular formula is C13H6Cl2F3O. The summed E-state index contributed by atoms with van der Waals surface area (Å²) in [5.74, 6) is -0.491. The summed E-state index contributed by atoms with van der Waals surface area (Å²) in [5.41, 5.74) is 1.10. The topological polar surface area (TPSA) is 9.23 Å². The van der Waals surface area contributed by atoms with Crippen LogP contribution in [0.4, 0.5) is 13.2 Å². The van der Waals surface area contributed by atoms with E-state index < -0.39 is 12.1 Å². The molecule has 0 saturated carbocycles. The van der Waals surface area contributed by atoms with Gasteiger partial charge in [-0.2, -0.15) is 0 Å². The van der Waals surface area contributed by atoms with Crippen molar-refractivity contribution in [3.05, 3.63) is 52.5 Å². The number of hydrogen-bond acceptors (Lipinski definition) is 1. The normalized spacial score (nSPS) is 11.4. The first-order chi connectivity index (χ1) is 8.83. The summed E-state index contributed by atoms with van der Waals surface area (Å²) in [6, 6.07) is 11.6. The summed E-state index contributed by atoms with van der Waals surface area (Å²) >= 11 is 11.6. The molecule has 0 heterocycles. The Bertz CT molecular complexity index is 597. The van der Waals surface area contributed by atoms with Crippen LogP contribution >= 0.6 is 23.2 Å². The van der Waals surface area contributed by atoms with Gasteiger partial charge in [0.1, 0.15) is 5.75 Å². The Morgan fingerprint density at radius 1 is 1.00 bits per heavy atom. The van der Waals surface area contributed by atoms with E-state index in [-0.39, 0.29) is 5.02 Å². The molecule has 99 valence electrons. The predicted molar refractivity (Wildman–Crippen MR) is 67.4 cm³/mol.